The minimum absolute atomic E-state index is 0.591. The molecule has 1 aromatic carbocycles. The standard InChI is InChI=1S/C17H11N5/c1-13-21-16(12-22(13)17-11-19-7-8-20-17)6-5-14-3-2-4-15(9-14)10-18/h2-4,7-9,11-12H,1H3. The molecule has 0 amide bonds. The average molecular weight is 285 g/mol. The SMILES string of the molecule is Cc1nc(C#Cc2cccc(C#N)c2)cn1-c1cnccn1. The molecule has 0 unspecified atom stereocenters. The number of nitrogens with zero attached hydrogens (tertiary/aromatic N) is 5. The Morgan fingerprint density at radius 1 is 1.14 bits per heavy atom. The second-order valence-corrected chi connectivity index (χ2v) is 4.55. The van der Waals surface area contributed by atoms with Gasteiger partial charge in [0.1, 0.15) is 11.5 Å². The van der Waals surface area contributed by atoms with Crippen molar-refractivity contribution in [2.24, 2.45) is 0 Å². The number of hydrogen-bond acceptors (Lipinski definition) is 4. The van der Waals surface area contributed by atoms with Crippen molar-refractivity contribution in [3.05, 3.63) is 71.7 Å². The first-order chi connectivity index (χ1) is 10.8. The van der Waals surface area contributed by atoms with Gasteiger partial charge in [-0.2, -0.15) is 5.26 Å². The third-order valence-corrected chi connectivity index (χ3v) is 3.01. The second-order valence-electron chi connectivity index (χ2n) is 4.55. The summed E-state index contributed by atoms with van der Waals surface area (Å²) in [5, 5.41) is 8.89. The zero-order chi connectivity index (χ0) is 15.4. The Balaban J connectivity index is 1.92. The molecule has 0 N–H and O–H groups in total. The van der Waals surface area contributed by atoms with Crippen molar-refractivity contribution >= 4 is 0 Å². The van der Waals surface area contributed by atoms with E-state index in [1.54, 1.807) is 30.7 Å². The predicted octanol–water partition coefficient (Wildman–Crippen LogP) is 2.24. The van der Waals surface area contributed by atoms with Crippen LogP contribution in [0.1, 0.15) is 22.6 Å². The fourth-order valence-corrected chi connectivity index (χ4v) is 1.98. The number of hydrogen-bond donors (Lipinski definition) is 0. The summed E-state index contributed by atoms with van der Waals surface area (Å²) < 4.78 is 1.84. The van der Waals surface area contributed by atoms with Crippen LogP contribution in [0.2, 0.25) is 0 Å². The molecule has 22 heavy (non-hydrogen) atoms. The third kappa shape index (κ3) is 2.84. The van der Waals surface area contributed by atoms with E-state index < -0.39 is 0 Å². The molecule has 0 aliphatic rings. The molecule has 0 fully saturated rings. The van der Waals surface area contributed by atoms with Crippen LogP contribution in [-0.2, 0) is 0 Å². The molecule has 0 saturated carbocycles. The van der Waals surface area contributed by atoms with Crippen molar-refractivity contribution in [3.63, 3.8) is 0 Å². The molecule has 0 atom stereocenters. The molecule has 0 bridgehead atoms. The van der Waals surface area contributed by atoms with Crippen molar-refractivity contribution in [3.8, 4) is 23.7 Å². The molecule has 104 valence electrons. The Hall–Kier alpha value is -3.44. The van der Waals surface area contributed by atoms with Gasteiger partial charge in [0, 0.05) is 24.2 Å². The lowest BCUT2D eigenvalue weighted by Crippen LogP contribution is -1.98. The number of benzene rings is 1. The first-order valence-electron chi connectivity index (χ1n) is 6.61. The average Bonchev–Trinajstić information content (AvgIpc) is 2.95. The number of aromatic nitrogens is 4. The third-order valence-electron chi connectivity index (χ3n) is 3.01. The number of rotatable bonds is 1. The van der Waals surface area contributed by atoms with Gasteiger partial charge in [-0.05, 0) is 31.0 Å². The van der Waals surface area contributed by atoms with Crippen LogP contribution in [0, 0.1) is 30.1 Å². The maximum Gasteiger partial charge on any atom is 0.156 e. The van der Waals surface area contributed by atoms with Crippen molar-refractivity contribution in [2.45, 2.75) is 6.92 Å². The Morgan fingerprint density at radius 3 is 2.77 bits per heavy atom. The quantitative estimate of drug-likeness (QED) is 0.643. The fourth-order valence-electron chi connectivity index (χ4n) is 1.98. The Morgan fingerprint density at radius 2 is 2.00 bits per heavy atom. The van der Waals surface area contributed by atoms with Crippen LogP contribution in [-0.4, -0.2) is 19.5 Å². The number of nitriles is 1. The topological polar surface area (TPSA) is 67.4 Å². The molecule has 0 saturated heterocycles. The fraction of sp³-hybridized carbons (Fsp3) is 0.0588. The van der Waals surface area contributed by atoms with Crippen molar-refractivity contribution < 1.29 is 0 Å². The van der Waals surface area contributed by atoms with Gasteiger partial charge in [-0.15, -0.1) is 0 Å². The molecule has 0 spiro atoms. The Kier molecular flexibility index (Phi) is 3.63. The number of aryl methyl sites for hydroxylation is 1. The van der Waals surface area contributed by atoms with Crippen LogP contribution >= 0.6 is 0 Å². The van der Waals surface area contributed by atoms with E-state index >= 15 is 0 Å². The summed E-state index contributed by atoms with van der Waals surface area (Å²) in [6.07, 6.45) is 6.74. The predicted molar refractivity (Wildman–Crippen MR) is 81.0 cm³/mol. The molecule has 3 aromatic rings. The van der Waals surface area contributed by atoms with Gasteiger partial charge in [0.2, 0.25) is 0 Å². The van der Waals surface area contributed by atoms with E-state index in [1.165, 1.54) is 0 Å². The highest BCUT2D eigenvalue weighted by Crippen LogP contribution is 2.08. The van der Waals surface area contributed by atoms with Crippen LogP contribution in [0.3, 0.4) is 0 Å². The van der Waals surface area contributed by atoms with E-state index in [4.69, 9.17) is 5.26 Å². The van der Waals surface area contributed by atoms with Gasteiger partial charge in [-0.1, -0.05) is 12.0 Å². The molecule has 3 rings (SSSR count). The summed E-state index contributed by atoms with van der Waals surface area (Å²) in [6.45, 7) is 1.89. The van der Waals surface area contributed by atoms with Crippen molar-refractivity contribution in [1.29, 1.82) is 5.26 Å². The highest BCUT2D eigenvalue weighted by Gasteiger charge is 2.05. The lowest BCUT2D eigenvalue weighted by Gasteiger charge is -2.00. The second kappa shape index (κ2) is 5.90. The van der Waals surface area contributed by atoms with Gasteiger partial charge in [0.15, 0.2) is 5.82 Å². The monoisotopic (exact) mass is 285 g/mol. The minimum Gasteiger partial charge on any atom is -0.286 e. The molecule has 5 nitrogen and oxygen atoms in total. The van der Waals surface area contributed by atoms with Crippen LogP contribution < -0.4 is 0 Å². The van der Waals surface area contributed by atoms with E-state index in [1.807, 2.05) is 29.8 Å². The minimum atomic E-state index is 0.591. The lowest BCUT2D eigenvalue weighted by atomic mass is 10.1. The van der Waals surface area contributed by atoms with Gasteiger partial charge < -0.3 is 0 Å². The zero-order valence-electron chi connectivity index (χ0n) is 11.9. The summed E-state index contributed by atoms with van der Waals surface area (Å²) in [7, 11) is 0. The molecule has 2 aromatic heterocycles. The first kappa shape index (κ1) is 13.5. The largest absolute Gasteiger partial charge is 0.286 e. The normalized spacial score (nSPS) is 9.64. The van der Waals surface area contributed by atoms with E-state index in [0.717, 1.165) is 11.4 Å². The van der Waals surface area contributed by atoms with Gasteiger partial charge >= 0.3 is 0 Å². The van der Waals surface area contributed by atoms with Crippen molar-refractivity contribution in [1.82, 2.24) is 19.5 Å². The van der Waals surface area contributed by atoms with Gasteiger partial charge in [-0.25, -0.2) is 9.97 Å². The molecule has 0 aliphatic heterocycles. The molecular formula is C17H11N5. The smallest absolute Gasteiger partial charge is 0.156 e. The lowest BCUT2D eigenvalue weighted by molar-refractivity contribution is 0.918. The van der Waals surface area contributed by atoms with Crippen LogP contribution in [0.4, 0.5) is 0 Å². The summed E-state index contributed by atoms with van der Waals surface area (Å²) in [6, 6.07) is 9.27. The molecule has 2 heterocycles. The molecule has 0 aliphatic carbocycles. The maximum absolute atomic E-state index is 8.89. The van der Waals surface area contributed by atoms with Gasteiger partial charge in [-0.3, -0.25) is 9.55 Å². The van der Waals surface area contributed by atoms with E-state index in [-0.39, 0.29) is 0 Å². The zero-order valence-corrected chi connectivity index (χ0v) is 11.9. The first-order valence-corrected chi connectivity index (χ1v) is 6.61. The summed E-state index contributed by atoms with van der Waals surface area (Å²) >= 11 is 0. The van der Waals surface area contributed by atoms with Gasteiger partial charge in [0.05, 0.1) is 17.8 Å². The molecule has 0 radical (unpaired) electrons. The Bertz CT molecular complexity index is 907. The highest BCUT2D eigenvalue weighted by atomic mass is 15.1. The van der Waals surface area contributed by atoms with E-state index in [0.29, 0.717) is 17.1 Å². The molecular weight excluding hydrogens is 274 g/mol. The Labute approximate surface area is 127 Å². The number of imidazole rings is 1. The van der Waals surface area contributed by atoms with E-state index in [2.05, 4.69) is 32.9 Å². The van der Waals surface area contributed by atoms with Gasteiger partial charge in [0.25, 0.3) is 0 Å². The van der Waals surface area contributed by atoms with E-state index in [9.17, 15) is 0 Å². The van der Waals surface area contributed by atoms with Crippen LogP contribution in [0.25, 0.3) is 5.82 Å². The van der Waals surface area contributed by atoms with Crippen molar-refractivity contribution in [2.75, 3.05) is 0 Å². The highest BCUT2D eigenvalue weighted by molar-refractivity contribution is 5.44. The van der Waals surface area contributed by atoms with Crippen LogP contribution in [0.5, 0.6) is 0 Å². The molecule has 5 heteroatoms. The summed E-state index contributed by atoms with van der Waals surface area (Å²) in [4.78, 5) is 12.7. The van der Waals surface area contributed by atoms with Crippen LogP contribution in [0.15, 0.2) is 49.1 Å². The summed E-state index contributed by atoms with van der Waals surface area (Å²) in [5.41, 5.74) is 2.02. The summed E-state index contributed by atoms with van der Waals surface area (Å²) in [5.74, 6) is 7.51. The maximum atomic E-state index is 8.89.